The van der Waals surface area contributed by atoms with Crippen molar-refractivity contribution in [3.05, 3.63) is 35.9 Å². The molecule has 3 N–H and O–H groups in total. The van der Waals surface area contributed by atoms with E-state index in [2.05, 4.69) is 60.1 Å². The summed E-state index contributed by atoms with van der Waals surface area (Å²) in [6.07, 6.45) is 3.40. The van der Waals surface area contributed by atoms with Gasteiger partial charge in [0.15, 0.2) is 5.96 Å². The molecule has 3 rings (SSSR count). The Hall–Kier alpha value is -1.39. The first-order chi connectivity index (χ1) is 15.0. The maximum Gasteiger partial charge on any atom is 0.222 e. The summed E-state index contributed by atoms with van der Waals surface area (Å²) in [5, 5.41) is 10.8. The van der Waals surface area contributed by atoms with Gasteiger partial charge < -0.3 is 25.6 Å². The number of nitrogens with one attached hydrogen (secondary N) is 3. The van der Waals surface area contributed by atoms with E-state index in [1.54, 1.807) is 0 Å². The number of guanidine groups is 1. The highest BCUT2D eigenvalue weighted by molar-refractivity contribution is 14.0. The molecule has 1 amide bonds. The van der Waals surface area contributed by atoms with E-state index in [0.29, 0.717) is 13.0 Å². The highest BCUT2D eigenvalue weighted by Crippen LogP contribution is 2.26. The maximum absolute atomic E-state index is 12.0. The molecular formula is C24H40IN5O2. The summed E-state index contributed by atoms with van der Waals surface area (Å²) in [6, 6.07) is 11.1. The van der Waals surface area contributed by atoms with Crippen molar-refractivity contribution in [3.8, 4) is 0 Å². The highest BCUT2D eigenvalue weighted by Gasteiger charge is 2.34. The maximum atomic E-state index is 12.0. The minimum atomic E-state index is -0.0876. The van der Waals surface area contributed by atoms with Crippen LogP contribution in [0.4, 0.5) is 0 Å². The normalized spacial score (nSPS) is 21.5. The Labute approximate surface area is 210 Å². The summed E-state index contributed by atoms with van der Waals surface area (Å²) in [5.74, 6) is 1.06. The fourth-order valence-corrected chi connectivity index (χ4v) is 4.47. The Kier molecular flexibility index (Phi) is 11.2. The number of carbonyl (C=O) groups is 1. The molecule has 2 fully saturated rings. The summed E-state index contributed by atoms with van der Waals surface area (Å²) in [6.45, 7) is 10.8. The summed E-state index contributed by atoms with van der Waals surface area (Å²) >= 11 is 0. The van der Waals surface area contributed by atoms with Gasteiger partial charge in [-0.3, -0.25) is 9.79 Å². The molecular weight excluding hydrogens is 517 g/mol. The van der Waals surface area contributed by atoms with Gasteiger partial charge in [0.05, 0.1) is 6.54 Å². The number of likely N-dealkylation sites (tertiary alicyclic amines) is 1. The molecule has 2 aliphatic heterocycles. The van der Waals surface area contributed by atoms with E-state index in [1.807, 2.05) is 11.8 Å². The van der Waals surface area contributed by atoms with E-state index < -0.39 is 0 Å². The van der Waals surface area contributed by atoms with Crippen LogP contribution in [0.3, 0.4) is 0 Å². The first-order valence-corrected chi connectivity index (χ1v) is 11.8. The Morgan fingerprint density at radius 3 is 2.62 bits per heavy atom. The van der Waals surface area contributed by atoms with Crippen LogP contribution in [0, 0.1) is 0 Å². The number of hydrogen-bond acceptors (Lipinski definition) is 4. The first kappa shape index (κ1) is 26.9. The van der Waals surface area contributed by atoms with Gasteiger partial charge in [-0.1, -0.05) is 37.3 Å². The molecule has 1 aromatic carbocycles. The Morgan fingerprint density at radius 1 is 1.25 bits per heavy atom. The molecule has 2 saturated heterocycles. The zero-order valence-electron chi connectivity index (χ0n) is 19.7. The summed E-state index contributed by atoms with van der Waals surface area (Å²) in [5.41, 5.74) is 1.20. The van der Waals surface area contributed by atoms with Crippen LogP contribution < -0.4 is 16.0 Å². The SMILES string of the molecule is CCNC(=NCC1(NC(C)c2ccccc2)CCOCC1)NC1CCN(C(=O)CC)C1.I. The second kappa shape index (κ2) is 13.3. The zero-order valence-corrected chi connectivity index (χ0v) is 22.1. The molecule has 0 aromatic heterocycles. The minimum absolute atomic E-state index is 0. The van der Waals surface area contributed by atoms with Crippen LogP contribution in [0.1, 0.15) is 58.1 Å². The van der Waals surface area contributed by atoms with E-state index >= 15 is 0 Å². The van der Waals surface area contributed by atoms with Crippen LogP contribution in [0.2, 0.25) is 0 Å². The van der Waals surface area contributed by atoms with Crippen molar-refractivity contribution in [3.63, 3.8) is 0 Å². The van der Waals surface area contributed by atoms with E-state index in [-0.39, 0.29) is 47.5 Å². The molecule has 2 atom stereocenters. The number of hydrogen-bond donors (Lipinski definition) is 3. The largest absolute Gasteiger partial charge is 0.381 e. The number of aliphatic imine (C=N–C) groups is 1. The van der Waals surface area contributed by atoms with Crippen molar-refractivity contribution in [2.45, 2.75) is 64.1 Å². The summed E-state index contributed by atoms with van der Waals surface area (Å²) < 4.78 is 5.66. The molecule has 0 saturated carbocycles. The molecule has 7 nitrogen and oxygen atoms in total. The van der Waals surface area contributed by atoms with Crippen LogP contribution in [-0.2, 0) is 9.53 Å². The quantitative estimate of drug-likeness (QED) is 0.260. The van der Waals surface area contributed by atoms with Gasteiger partial charge in [-0.15, -0.1) is 24.0 Å². The fourth-order valence-electron chi connectivity index (χ4n) is 4.47. The molecule has 1 aromatic rings. The Morgan fingerprint density at radius 2 is 1.97 bits per heavy atom. The minimum Gasteiger partial charge on any atom is -0.381 e. The van der Waals surface area contributed by atoms with E-state index in [1.165, 1.54) is 5.56 Å². The number of ether oxygens (including phenoxy) is 1. The molecule has 0 bridgehead atoms. The molecule has 32 heavy (non-hydrogen) atoms. The predicted molar refractivity (Wildman–Crippen MR) is 141 cm³/mol. The van der Waals surface area contributed by atoms with Crippen molar-refractivity contribution in [2.75, 3.05) is 39.4 Å². The Bertz CT molecular complexity index is 724. The molecule has 0 aliphatic carbocycles. The van der Waals surface area contributed by atoms with Crippen LogP contribution in [0.25, 0.3) is 0 Å². The second-order valence-corrected chi connectivity index (χ2v) is 8.69. The van der Waals surface area contributed by atoms with Gasteiger partial charge >= 0.3 is 0 Å². The molecule has 0 spiro atoms. The topological polar surface area (TPSA) is 78.0 Å². The second-order valence-electron chi connectivity index (χ2n) is 8.69. The van der Waals surface area contributed by atoms with Crippen LogP contribution >= 0.6 is 24.0 Å². The number of halogens is 1. The molecule has 2 heterocycles. The molecule has 2 unspecified atom stereocenters. The van der Waals surface area contributed by atoms with Crippen LogP contribution in [0.15, 0.2) is 35.3 Å². The van der Waals surface area contributed by atoms with E-state index in [4.69, 9.17) is 9.73 Å². The van der Waals surface area contributed by atoms with Gasteiger partial charge in [0.25, 0.3) is 0 Å². The lowest BCUT2D eigenvalue weighted by molar-refractivity contribution is -0.129. The lowest BCUT2D eigenvalue weighted by Crippen LogP contribution is -2.53. The molecule has 2 aliphatic rings. The van der Waals surface area contributed by atoms with Gasteiger partial charge in [-0.2, -0.15) is 0 Å². The third kappa shape index (κ3) is 7.59. The lowest BCUT2D eigenvalue weighted by atomic mass is 9.88. The van der Waals surface area contributed by atoms with Crippen molar-refractivity contribution in [1.82, 2.24) is 20.9 Å². The molecule has 180 valence electrons. The van der Waals surface area contributed by atoms with Gasteiger partial charge in [-0.25, -0.2) is 0 Å². The van der Waals surface area contributed by atoms with E-state index in [0.717, 1.165) is 58.1 Å². The smallest absolute Gasteiger partial charge is 0.222 e. The van der Waals surface area contributed by atoms with Gasteiger partial charge in [0.1, 0.15) is 0 Å². The monoisotopic (exact) mass is 557 g/mol. The standard InChI is InChI=1S/C24H39N5O2.HI/c1-4-22(30)29-14-11-21(17-29)27-23(25-5-2)26-18-24(12-15-31-16-13-24)28-19(3)20-9-7-6-8-10-20;/h6-10,19,21,28H,4-5,11-18H2,1-3H3,(H2,25,26,27);1H. The lowest BCUT2D eigenvalue weighted by Gasteiger charge is -2.39. The summed E-state index contributed by atoms with van der Waals surface area (Å²) in [4.78, 5) is 18.9. The molecule has 0 radical (unpaired) electrons. The summed E-state index contributed by atoms with van der Waals surface area (Å²) in [7, 11) is 0. The zero-order chi connectivity index (χ0) is 22.1. The fraction of sp³-hybridized carbons (Fsp3) is 0.667. The van der Waals surface area contributed by atoms with Crippen molar-refractivity contribution < 1.29 is 9.53 Å². The highest BCUT2D eigenvalue weighted by atomic mass is 127. The first-order valence-electron chi connectivity index (χ1n) is 11.8. The van der Waals surface area contributed by atoms with E-state index in [9.17, 15) is 4.79 Å². The number of rotatable bonds is 8. The van der Waals surface area contributed by atoms with Crippen molar-refractivity contribution in [1.29, 1.82) is 0 Å². The number of amides is 1. The molecule has 8 heteroatoms. The van der Waals surface area contributed by atoms with Gasteiger partial charge in [0.2, 0.25) is 5.91 Å². The van der Waals surface area contributed by atoms with Crippen molar-refractivity contribution in [2.24, 2.45) is 4.99 Å². The van der Waals surface area contributed by atoms with Gasteiger partial charge in [0, 0.05) is 56.9 Å². The average molecular weight is 558 g/mol. The van der Waals surface area contributed by atoms with Crippen LogP contribution in [0.5, 0.6) is 0 Å². The average Bonchev–Trinajstić information content (AvgIpc) is 3.27. The third-order valence-electron chi connectivity index (χ3n) is 6.34. The predicted octanol–water partition coefficient (Wildman–Crippen LogP) is 3.07. The third-order valence-corrected chi connectivity index (χ3v) is 6.34. The van der Waals surface area contributed by atoms with Gasteiger partial charge in [-0.05, 0) is 38.7 Å². The van der Waals surface area contributed by atoms with Crippen LogP contribution in [-0.4, -0.2) is 67.7 Å². The number of carbonyl (C=O) groups excluding carboxylic acids is 1. The number of nitrogens with zero attached hydrogens (tertiary/aromatic N) is 2. The van der Waals surface area contributed by atoms with Crippen molar-refractivity contribution >= 4 is 35.8 Å². The Balaban J connectivity index is 0.00000363. The number of benzene rings is 1.